The molecule has 28 heavy (non-hydrogen) atoms. The highest BCUT2D eigenvalue weighted by molar-refractivity contribution is 6.36. The number of carbonyl (C=O) groups is 2. The molecule has 2 unspecified atom stereocenters. The van der Waals surface area contributed by atoms with Crippen LogP contribution in [-0.4, -0.2) is 28.8 Å². The van der Waals surface area contributed by atoms with Crippen LogP contribution in [0, 0.1) is 0 Å². The van der Waals surface area contributed by atoms with Crippen LogP contribution >= 0.6 is 23.2 Å². The van der Waals surface area contributed by atoms with E-state index in [1.165, 1.54) is 0 Å². The molecule has 2 aromatic rings. The van der Waals surface area contributed by atoms with Gasteiger partial charge in [-0.2, -0.15) is 0 Å². The molecule has 0 bridgehead atoms. The molecule has 0 heterocycles. The molecular weight excluding hydrogens is 395 g/mol. The molecule has 0 aliphatic carbocycles. The van der Waals surface area contributed by atoms with E-state index in [1.54, 1.807) is 30.0 Å². The van der Waals surface area contributed by atoms with Gasteiger partial charge in [0.15, 0.2) is 0 Å². The molecule has 0 aromatic heterocycles. The maximum atomic E-state index is 13.2. The van der Waals surface area contributed by atoms with Crippen molar-refractivity contribution < 1.29 is 9.59 Å². The van der Waals surface area contributed by atoms with E-state index in [0.29, 0.717) is 22.2 Å². The Balaban J connectivity index is 2.26. The molecule has 0 fully saturated rings. The summed E-state index contributed by atoms with van der Waals surface area (Å²) in [6, 6.07) is 14.2. The van der Waals surface area contributed by atoms with E-state index in [4.69, 9.17) is 23.2 Å². The maximum absolute atomic E-state index is 13.2. The summed E-state index contributed by atoms with van der Waals surface area (Å²) in [7, 11) is 0. The Morgan fingerprint density at radius 2 is 1.61 bits per heavy atom. The maximum Gasteiger partial charge on any atom is 0.242 e. The van der Waals surface area contributed by atoms with E-state index in [-0.39, 0.29) is 24.3 Å². The Labute approximate surface area is 176 Å². The van der Waals surface area contributed by atoms with Gasteiger partial charge in [0.2, 0.25) is 11.8 Å². The predicted molar refractivity (Wildman–Crippen MR) is 115 cm³/mol. The van der Waals surface area contributed by atoms with E-state index < -0.39 is 6.04 Å². The zero-order valence-electron chi connectivity index (χ0n) is 16.4. The van der Waals surface area contributed by atoms with Crippen LogP contribution in [0.5, 0.6) is 0 Å². The third-order valence-corrected chi connectivity index (χ3v) is 5.46. The van der Waals surface area contributed by atoms with Crippen molar-refractivity contribution in [3.63, 3.8) is 0 Å². The number of hydrogen-bond acceptors (Lipinski definition) is 2. The Bertz CT molecular complexity index is 791. The minimum Gasteiger partial charge on any atom is -0.352 e. The van der Waals surface area contributed by atoms with Crippen LogP contribution in [0.2, 0.25) is 10.0 Å². The minimum atomic E-state index is -0.622. The Hall–Kier alpha value is -2.04. The standard InChI is InChI=1S/C22H26Cl2N2O2/c1-4-15(2)25-22(28)16(3)26(14-17-9-6-5-7-10-17)21(27)13-18-19(23)11-8-12-20(18)24/h5-12,15-16H,4,13-14H2,1-3H3,(H,25,28). The monoisotopic (exact) mass is 420 g/mol. The van der Waals surface area contributed by atoms with E-state index >= 15 is 0 Å². The van der Waals surface area contributed by atoms with E-state index in [1.807, 2.05) is 44.2 Å². The van der Waals surface area contributed by atoms with Crippen molar-refractivity contribution in [2.24, 2.45) is 0 Å². The summed E-state index contributed by atoms with van der Waals surface area (Å²) in [5.74, 6) is -0.380. The lowest BCUT2D eigenvalue weighted by molar-refractivity contribution is -0.140. The number of rotatable bonds is 8. The van der Waals surface area contributed by atoms with Crippen molar-refractivity contribution >= 4 is 35.0 Å². The number of nitrogens with one attached hydrogen (secondary N) is 1. The first-order valence-electron chi connectivity index (χ1n) is 9.40. The fourth-order valence-electron chi connectivity index (χ4n) is 2.78. The van der Waals surface area contributed by atoms with Crippen LogP contribution in [0.25, 0.3) is 0 Å². The molecule has 0 spiro atoms. The summed E-state index contributed by atoms with van der Waals surface area (Å²) < 4.78 is 0. The summed E-state index contributed by atoms with van der Waals surface area (Å²) >= 11 is 12.5. The zero-order chi connectivity index (χ0) is 20.7. The van der Waals surface area contributed by atoms with Gasteiger partial charge in [0, 0.05) is 22.6 Å². The Morgan fingerprint density at radius 1 is 1.00 bits per heavy atom. The Kier molecular flexibility index (Phi) is 8.34. The van der Waals surface area contributed by atoms with Gasteiger partial charge in [-0.3, -0.25) is 9.59 Å². The van der Waals surface area contributed by atoms with Crippen LogP contribution in [0.15, 0.2) is 48.5 Å². The highest BCUT2D eigenvalue weighted by Gasteiger charge is 2.27. The first-order valence-corrected chi connectivity index (χ1v) is 10.2. The molecular formula is C22H26Cl2N2O2. The highest BCUT2D eigenvalue weighted by Crippen LogP contribution is 2.26. The summed E-state index contributed by atoms with van der Waals surface area (Å²) in [5, 5.41) is 3.84. The normalized spacial score (nSPS) is 12.9. The molecule has 0 radical (unpaired) electrons. The summed E-state index contributed by atoms with van der Waals surface area (Å²) in [5.41, 5.74) is 1.52. The highest BCUT2D eigenvalue weighted by atomic mass is 35.5. The molecule has 0 saturated carbocycles. The van der Waals surface area contributed by atoms with Gasteiger partial charge in [0.1, 0.15) is 6.04 Å². The molecule has 150 valence electrons. The average molecular weight is 421 g/mol. The number of carbonyl (C=O) groups excluding carboxylic acids is 2. The van der Waals surface area contributed by atoms with Gasteiger partial charge in [0.25, 0.3) is 0 Å². The van der Waals surface area contributed by atoms with E-state index in [0.717, 1.165) is 12.0 Å². The zero-order valence-corrected chi connectivity index (χ0v) is 17.9. The van der Waals surface area contributed by atoms with Gasteiger partial charge < -0.3 is 10.2 Å². The molecule has 2 amide bonds. The second-order valence-corrected chi connectivity index (χ2v) is 7.69. The topological polar surface area (TPSA) is 49.4 Å². The van der Waals surface area contributed by atoms with Gasteiger partial charge in [0.05, 0.1) is 6.42 Å². The number of nitrogens with zero attached hydrogens (tertiary/aromatic N) is 1. The Morgan fingerprint density at radius 3 is 2.18 bits per heavy atom. The molecule has 4 nitrogen and oxygen atoms in total. The number of benzene rings is 2. The van der Waals surface area contributed by atoms with Crippen LogP contribution in [0.3, 0.4) is 0 Å². The molecule has 0 aliphatic heterocycles. The third-order valence-electron chi connectivity index (χ3n) is 4.75. The first-order chi connectivity index (χ1) is 13.3. The fourth-order valence-corrected chi connectivity index (χ4v) is 3.31. The molecule has 1 N–H and O–H groups in total. The van der Waals surface area contributed by atoms with Crippen LogP contribution in [0.1, 0.15) is 38.3 Å². The minimum absolute atomic E-state index is 0.0340. The molecule has 2 atom stereocenters. The fraction of sp³-hybridized carbons (Fsp3) is 0.364. The first kappa shape index (κ1) is 22.3. The van der Waals surface area contributed by atoms with Gasteiger partial charge >= 0.3 is 0 Å². The van der Waals surface area contributed by atoms with Crippen LogP contribution in [0.4, 0.5) is 0 Å². The summed E-state index contributed by atoms with van der Waals surface area (Å²) in [6.07, 6.45) is 0.854. The molecule has 0 saturated heterocycles. The molecule has 6 heteroatoms. The number of hydrogen-bond donors (Lipinski definition) is 1. The average Bonchev–Trinajstić information content (AvgIpc) is 2.69. The SMILES string of the molecule is CCC(C)NC(=O)C(C)N(Cc1ccccc1)C(=O)Cc1c(Cl)cccc1Cl. The molecule has 2 rings (SSSR count). The van der Waals surface area contributed by atoms with Crippen molar-refractivity contribution in [1.29, 1.82) is 0 Å². The lowest BCUT2D eigenvalue weighted by atomic mass is 10.1. The molecule has 0 aliphatic rings. The lowest BCUT2D eigenvalue weighted by Crippen LogP contribution is -2.49. The van der Waals surface area contributed by atoms with Crippen molar-refractivity contribution in [1.82, 2.24) is 10.2 Å². The van der Waals surface area contributed by atoms with Gasteiger partial charge in [-0.1, -0.05) is 66.5 Å². The van der Waals surface area contributed by atoms with Gasteiger partial charge in [-0.05, 0) is 43.5 Å². The summed E-state index contributed by atoms with van der Waals surface area (Å²) in [6.45, 7) is 6.02. The van der Waals surface area contributed by atoms with E-state index in [2.05, 4.69) is 5.32 Å². The quantitative estimate of drug-likeness (QED) is 0.661. The van der Waals surface area contributed by atoms with Crippen LogP contribution in [-0.2, 0) is 22.6 Å². The second kappa shape index (κ2) is 10.5. The lowest BCUT2D eigenvalue weighted by Gasteiger charge is -2.30. The smallest absolute Gasteiger partial charge is 0.242 e. The van der Waals surface area contributed by atoms with Gasteiger partial charge in [-0.25, -0.2) is 0 Å². The second-order valence-electron chi connectivity index (χ2n) is 6.88. The van der Waals surface area contributed by atoms with Crippen molar-refractivity contribution in [2.45, 2.75) is 52.2 Å². The van der Waals surface area contributed by atoms with Crippen molar-refractivity contribution in [3.05, 3.63) is 69.7 Å². The predicted octanol–water partition coefficient (Wildman–Crippen LogP) is 4.87. The van der Waals surface area contributed by atoms with Crippen molar-refractivity contribution in [2.75, 3.05) is 0 Å². The van der Waals surface area contributed by atoms with E-state index in [9.17, 15) is 9.59 Å². The van der Waals surface area contributed by atoms with Crippen molar-refractivity contribution in [3.8, 4) is 0 Å². The molecule has 2 aromatic carbocycles. The van der Waals surface area contributed by atoms with Gasteiger partial charge in [-0.15, -0.1) is 0 Å². The number of amides is 2. The third kappa shape index (κ3) is 5.98. The number of halogens is 2. The summed E-state index contributed by atoms with van der Waals surface area (Å²) in [4.78, 5) is 27.4. The largest absolute Gasteiger partial charge is 0.352 e. The van der Waals surface area contributed by atoms with Crippen LogP contribution < -0.4 is 5.32 Å².